The number of hydrogen-bond donors (Lipinski definition) is 1. The Morgan fingerprint density at radius 2 is 2.00 bits per heavy atom. The quantitative estimate of drug-likeness (QED) is 0.842. The smallest absolute Gasteiger partial charge is 0.151 e. The highest BCUT2D eigenvalue weighted by atomic mass is 19.1. The summed E-state index contributed by atoms with van der Waals surface area (Å²) in [6, 6.07) is 5.05. The second-order valence-corrected chi connectivity index (χ2v) is 5.32. The first kappa shape index (κ1) is 11.7. The van der Waals surface area contributed by atoms with E-state index in [1.165, 1.54) is 12.5 Å². The topological polar surface area (TPSA) is 43.8 Å². The van der Waals surface area contributed by atoms with Crippen molar-refractivity contribution in [3.8, 4) is 0 Å². The molecule has 4 heteroatoms. The van der Waals surface area contributed by atoms with Crippen LogP contribution in [-0.2, 0) is 12.6 Å². The minimum atomic E-state index is -0.390. The van der Waals surface area contributed by atoms with Gasteiger partial charge in [0.1, 0.15) is 11.3 Å². The van der Waals surface area contributed by atoms with Crippen molar-refractivity contribution in [2.24, 2.45) is 12.8 Å². The van der Waals surface area contributed by atoms with Gasteiger partial charge in [-0.15, -0.1) is 0 Å². The Bertz CT molecular complexity index is 582. The summed E-state index contributed by atoms with van der Waals surface area (Å²) in [6.07, 6.45) is 5.36. The fourth-order valence-corrected chi connectivity index (χ4v) is 3.03. The fraction of sp³-hybridized carbons (Fsp3) is 0.500. The largest absolute Gasteiger partial charge is 0.329 e. The molecule has 3 nitrogen and oxygen atoms in total. The molecule has 0 bridgehead atoms. The molecule has 3 rings (SSSR count). The van der Waals surface area contributed by atoms with E-state index in [2.05, 4.69) is 4.98 Å². The van der Waals surface area contributed by atoms with E-state index in [4.69, 9.17) is 5.73 Å². The predicted molar refractivity (Wildman–Crippen MR) is 69.6 cm³/mol. The molecule has 18 heavy (non-hydrogen) atoms. The van der Waals surface area contributed by atoms with Crippen LogP contribution in [0.2, 0.25) is 0 Å². The van der Waals surface area contributed by atoms with E-state index in [9.17, 15) is 4.39 Å². The molecule has 1 aromatic heterocycles. The van der Waals surface area contributed by atoms with Gasteiger partial charge in [-0.2, -0.15) is 0 Å². The third-order valence-corrected chi connectivity index (χ3v) is 4.05. The van der Waals surface area contributed by atoms with E-state index >= 15 is 0 Å². The molecule has 0 radical (unpaired) electrons. The van der Waals surface area contributed by atoms with E-state index in [-0.39, 0.29) is 5.82 Å². The standard InChI is InChI=1S/C14H18FN3/c1-18-11-7-5-6-10(15)12(11)17-13(18)14(16)8-3-2-4-9-14/h5-7H,2-4,8-9,16H2,1H3. The molecular formula is C14H18FN3. The molecule has 1 aliphatic carbocycles. The van der Waals surface area contributed by atoms with Crippen LogP contribution in [0.3, 0.4) is 0 Å². The van der Waals surface area contributed by atoms with E-state index in [1.54, 1.807) is 6.07 Å². The first-order valence-corrected chi connectivity index (χ1v) is 6.52. The summed E-state index contributed by atoms with van der Waals surface area (Å²) >= 11 is 0. The minimum absolute atomic E-state index is 0.270. The van der Waals surface area contributed by atoms with Crippen LogP contribution in [0.5, 0.6) is 0 Å². The fourth-order valence-electron chi connectivity index (χ4n) is 3.03. The zero-order valence-corrected chi connectivity index (χ0v) is 10.6. The predicted octanol–water partition coefficient (Wildman–Crippen LogP) is 2.83. The maximum Gasteiger partial charge on any atom is 0.151 e. The van der Waals surface area contributed by atoms with E-state index in [0.29, 0.717) is 5.52 Å². The second-order valence-electron chi connectivity index (χ2n) is 5.32. The van der Waals surface area contributed by atoms with Gasteiger partial charge in [-0.25, -0.2) is 9.37 Å². The zero-order chi connectivity index (χ0) is 12.8. The van der Waals surface area contributed by atoms with Crippen molar-refractivity contribution < 1.29 is 4.39 Å². The molecule has 2 N–H and O–H groups in total. The number of para-hydroxylation sites is 1. The molecular weight excluding hydrogens is 229 g/mol. The average Bonchev–Trinajstić information content (AvgIpc) is 2.70. The first-order chi connectivity index (χ1) is 8.62. The summed E-state index contributed by atoms with van der Waals surface area (Å²) in [7, 11) is 1.92. The third kappa shape index (κ3) is 1.63. The highest BCUT2D eigenvalue weighted by Gasteiger charge is 2.34. The highest BCUT2D eigenvalue weighted by molar-refractivity contribution is 5.76. The van der Waals surface area contributed by atoms with Crippen molar-refractivity contribution in [1.82, 2.24) is 9.55 Å². The van der Waals surface area contributed by atoms with Gasteiger partial charge in [-0.05, 0) is 25.0 Å². The molecule has 0 saturated heterocycles. The van der Waals surface area contributed by atoms with Crippen LogP contribution in [0.1, 0.15) is 37.9 Å². The maximum absolute atomic E-state index is 13.8. The van der Waals surface area contributed by atoms with Gasteiger partial charge in [-0.3, -0.25) is 0 Å². The Balaban J connectivity index is 2.17. The molecule has 0 amide bonds. The van der Waals surface area contributed by atoms with Crippen LogP contribution in [0.25, 0.3) is 11.0 Å². The van der Waals surface area contributed by atoms with Gasteiger partial charge in [0.05, 0.1) is 11.1 Å². The van der Waals surface area contributed by atoms with Crippen LogP contribution in [0.15, 0.2) is 18.2 Å². The molecule has 96 valence electrons. The van der Waals surface area contributed by atoms with Gasteiger partial charge >= 0.3 is 0 Å². The number of rotatable bonds is 1. The van der Waals surface area contributed by atoms with E-state index in [1.807, 2.05) is 17.7 Å². The normalized spacial score (nSPS) is 19.3. The number of imidazole rings is 1. The van der Waals surface area contributed by atoms with Crippen LogP contribution in [0.4, 0.5) is 4.39 Å². The van der Waals surface area contributed by atoms with Gasteiger partial charge in [0.15, 0.2) is 5.82 Å². The van der Waals surface area contributed by atoms with Gasteiger partial charge in [0.2, 0.25) is 0 Å². The van der Waals surface area contributed by atoms with Crippen molar-refractivity contribution in [1.29, 1.82) is 0 Å². The molecule has 0 aliphatic heterocycles. The summed E-state index contributed by atoms with van der Waals surface area (Å²) in [5.41, 5.74) is 7.35. The van der Waals surface area contributed by atoms with Crippen LogP contribution >= 0.6 is 0 Å². The SMILES string of the molecule is Cn1c(C2(N)CCCCC2)nc2c(F)cccc21. The number of nitrogens with two attached hydrogens (primary N) is 1. The second kappa shape index (κ2) is 4.05. The van der Waals surface area contributed by atoms with Gasteiger partial charge in [0.25, 0.3) is 0 Å². The molecule has 1 fully saturated rings. The van der Waals surface area contributed by atoms with E-state index in [0.717, 1.165) is 37.0 Å². The maximum atomic E-state index is 13.8. The molecule has 0 unspecified atom stereocenters. The van der Waals surface area contributed by atoms with Crippen LogP contribution in [-0.4, -0.2) is 9.55 Å². The lowest BCUT2D eigenvalue weighted by Crippen LogP contribution is -2.41. The minimum Gasteiger partial charge on any atom is -0.329 e. The van der Waals surface area contributed by atoms with Gasteiger partial charge in [0, 0.05) is 7.05 Å². The number of halogens is 1. The first-order valence-electron chi connectivity index (χ1n) is 6.52. The lowest BCUT2D eigenvalue weighted by molar-refractivity contribution is 0.282. The number of hydrogen-bond acceptors (Lipinski definition) is 2. The Kier molecular flexibility index (Phi) is 2.63. The molecule has 0 spiro atoms. The number of nitrogens with zero attached hydrogens (tertiary/aromatic N) is 2. The van der Waals surface area contributed by atoms with Crippen molar-refractivity contribution in [2.75, 3.05) is 0 Å². The van der Waals surface area contributed by atoms with Crippen LogP contribution < -0.4 is 5.73 Å². The number of aromatic nitrogens is 2. The molecule has 1 aliphatic rings. The molecule has 1 heterocycles. The van der Waals surface area contributed by atoms with Crippen molar-refractivity contribution in [3.63, 3.8) is 0 Å². The Morgan fingerprint density at radius 3 is 2.67 bits per heavy atom. The third-order valence-electron chi connectivity index (χ3n) is 4.05. The summed E-state index contributed by atoms with van der Waals surface area (Å²) in [4.78, 5) is 4.47. The Labute approximate surface area is 106 Å². The molecule has 1 saturated carbocycles. The molecule has 0 atom stereocenters. The Hall–Kier alpha value is -1.42. The highest BCUT2D eigenvalue weighted by Crippen LogP contribution is 2.35. The lowest BCUT2D eigenvalue weighted by Gasteiger charge is -2.32. The average molecular weight is 247 g/mol. The van der Waals surface area contributed by atoms with Gasteiger partial charge < -0.3 is 10.3 Å². The summed E-state index contributed by atoms with van der Waals surface area (Å²) in [5.74, 6) is 0.552. The number of aryl methyl sites for hydroxylation is 1. The van der Waals surface area contributed by atoms with Crippen molar-refractivity contribution in [2.45, 2.75) is 37.6 Å². The molecule has 1 aromatic carbocycles. The number of benzene rings is 1. The van der Waals surface area contributed by atoms with Gasteiger partial charge in [-0.1, -0.05) is 25.3 Å². The van der Waals surface area contributed by atoms with Crippen molar-refractivity contribution >= 4 is 11.0 Å². The summed E-state index contributed by atoms with van der Waals surface area (Å²) in [6.45, 7) is 0. The summed E-state index contributed by atoms with van der Waals surface area (Å²) < 4.78 is 15.7. The lowest BCUT2D eigenvalue weighted by atomic mass is 9.82. The number of fused-ring (bicyclic) bond motifs is 1. The van der Waals surface area contributed by atoms with Crippen molar-refractivity contribution in [3.05, 3.63) is 29.8 Å². The monoisotopic (exact) mass is 247 g/mol. The zero-order valence-electron chi connectivity index (χ0n) is 10.6. The summed E-state index contributed by atoms with van der Waals surface area (Å²) in [5, 5.41) is 0. The van der Waals surface area contributed by atoms with E-state index < -0.39 is 5.54 Å². The Morgan fingerprint density at radius 1 is 1.28 bits per heavy atom. The molecule has 2 aromatic rings. The van der Waals surface area contributed by atoms with Crippen LogP contribution in [0, 0.1) is 5.82 Å².